The van der Waals surface area contributed by atoms with Gasteiger partial charge in [-0.2, -0.15) is 18.4 Å². The fourth-order valence-corrected chi connectivity index (χ4v) is 2.69. The molecule has 1 aromatic heterocycles. The molecule has 8 heteroatoms. The third kappa shape index (κ3) is 3.78. The Balaban J connectivity index is 2.16. The lowest BCUT2D eigenvalue weighted by Crippen LogP contribution is -2.19. The maximum atomic E-state index is 11.9. The summed E-state index contributed by atoms with van der Waals surface area (Å²) in [6, 6.07) is 11.6. The zero-order valence-corrected chi connectivity index (χ0v) is 13.2. The lowest BCUT2D eigenvalue weighted by atomic mass is 10.2. The molecule has 0 amide bonds. The van der Waals surface area contributed by atoms with E-state index >= 15 is 0 Å². The van der Waals surface area contributed by atoms with Crippen molar-refractivity contribution in [1.29, 1.82) is 0 Å². The van der Waals surface area contributed by atoms with Gasteiger partial charge in [-0.25, -0.2) is 4.98 Å². The van der Waals surface area contributed by atoms with Crippen LogP contribution >= 0.6 is 27.5 Å². The summed E-state index contributed by atoms with van der Waals surface area (Å²) < 4.78 is 24.6. The largest absolute Gasteiger partial charge is 0.294 e. The van der Waals surface area contributed by atoms with Gasteiger partial charge in [0.1, 0.15) is 5.15 Å². The molecule has 1 N–H and O–H groups in total. The Hall–Kier alpha value is -1.44. The Bertz CT molecular complexity index is 750. The van der Waals surface area contributed by atoms with Gasteiger partial charge in [-0.05, 0) is 18.2 Å². The molecule has 0 aliphatic carbocycles. The zero-order valence-electron chi connectivity index (χ0n) is 9.99. The molecule has 2 aromatic rings. The van der Waals surface area contributed by atoms with E-state index in [1.54, 1.807) is 6.07 Å². The van der Waals surface area contributed by atoms with Crippen molar-refractivity contribution in [2.75, 3.05) is 0 Å². The predicted octanol–water partition coefficient (Wildman–Crippen LogP) is 2.81. The number of pyridine rings is 1. The van der Waals surface area contributed by atoms with Gasteiger partial charge in [0.05, 0.1) is 6.21 Å². The van der Waals surface area contributed by atoms with Gasteiger partial charge in [0.15, 0.2) is 5.03 Å². The minimum Gasteiger partial charge on any atom is -0.223 e. The Morgan fingerprint density at radius 3 is 2.65 bits per heavy atom. The maximum absolute atomic E-state index is 11.9. The van der Waals surface area contributed by atoms with Gasteiger partial charge in [-0.1, -0.05) is 51.8 Å². The van der Waals surface area contributed by atoms with E-state index in [9.17, 15) is 8.42 Å². The van der Waals surface area contributed by atoms with Crippen molar-refractivity contribution in [3.8, 4) is 0 Å². The Morgan fingerprint density at radius 2 is 1.95 bits per heavy atom. The highest BCUT2D eigenvalue weighted by molar-refractivity contribution is 9.10. The van der Waals surface area contributed by atoms with Crippen LogP contribution < -0.4 is 4.83 Å². The molecular weight excluding hydrogens is 366 g/mol. The third-order valence-electron chi connectivity index (χ3n) is 2.25. The van der Waals surface area contributed by atoms with Crippen LogP contribution in [0.15, 0.2) is 57.1 Å². The van der Waals surface area contributed by atoms with Crippen LogP contribution in [0.4, 0.5) is 0 Å². The van der Waals surface area contributed by atoms with Crippen molar-refractivity contribution in [3.63, 3.8) is 0 Å². The number of hydrogen-bond acceptors (Lipinski definition) is 4. The molecule has 0 unspecified atom stereocenters. The predicted molar refractivity (Wildman–Crippen MR) is 81.3 cm³/mol. The molecule has 0 aliphatic heterocycles. The van der Waals surface area contributed by atoms with E-state index in [2.05, 4.69) is 30.8 Å². The van der Waals surface area contributed by atoms with E-state index < -0.39 is 10.0 Å². The van der Waals surface area contributed by atoms with Crippen LogP contribution in [-0.4, -0.2) is 19.6 Å². The Morgan fingerprint density at radius 1 is 1.20 bits per heavy atom. The van der Waals surface area contributed by atoms with Crippen LogP contribution in [-0.2, 0) is 10.0 Å². The van der Waals surface area contributed by atoms with Gasteiger partial charge in [-0.15, -0.1) is 0 Å². The van der Waals surface area contributed by atoms with Gasteiger partial charge < -0.3 is 0 Å². The fourth-order valence-electron chi connectivity index (χ4n) is 1.33. The molecule has 0 aliphatic rings. The van der Waals surface area contributed by atoms with Crippen molar-refractivity contribution >= 4 is 43.8 Å². The van der Waals surface area contributed by atoms with Crippen molar-refractivity contribution in [3.05, 3.63) is 57.7 Å². The fraction of sp³-hybridized carbons (Fsp3) is 0. The number of aromatic nitrogens is 1. The molecule has 0 atom stereocenters. The lowest BCUT2D eigenvalue weighted by molar-refractivity contribution is 0.581. The first-order valence-electron chi connectivity index (χ1n) is 5.41. The monoisotopic (exact) mass is 373 g/mol. The highest BCUT2D eigenvalue weighted by Gasteiger charge is 2.14. The SMILES string of the molecule is O=S(=O)(N/N=C/c1ccccc1Br)c1cccc(Cl)n1. The second kappa shape index (κ2) is 6.34. The summed E-state index contributed by atoms with van der Waals surface area (Å²) in [7, 11) is -3.82. The maximum Gasteiger partial charge on any atom is 0.294 e. The van der Waals surface area contributed by atoms with Gasteiger partial charge in [-0.3, -0.25) is 0 Å². The lowest BCUT2D eigenvalue weighted by Gasteiger charge is -2.02. The van der Waals surface area contributed by atoms with Crippen LogP contribution in [0.5, 0.6) is 0 Å². The van der Waals surface area contributed by atoms with Gasteiger partial charge >= 0.3 is 0 Å². The van der Waals surface area contributed by atoms with E-state index in [0.717, 1.165) is 10.0 Å². The van der Waals surface area contributed by atoms with E-state index in [4.69, 9.17) is 11.6 Å². The molecular formula is C12H9BrClN3O2S. The summed E-state index contributed by atoms with van der Waals surface area (Å²) in [5.74, 6) is 0. The summed E-state index contributed by atoms with van der Waals surface area (Å²) in [5, 5.41) is 3.62. The van der Waals surface area contributed by atoms with Crippen molar-refractivity contribution in [2.24, 2.45) is 5.10 Å². The Kier molecular flexibility index (Phi) is 4.74. The van der Waals surface area contributed by atoms with Crippen LogP contribution in [0.2, 0.25) is 5.15 Å². The van der Waals surface area contributed by atoms with Gasteiger partial charge in [0, 0.05) is 10.0 Å². The van der Waals surface area contributed by atoms with E-state index in [0.29, 0.717) is 0 Å². The molecule has 0 fully saturated rings. The summed E-state index contributed by atoms with van der Waals surface area (Å²) in [5.41, 5.74) is 0.745. The van der Waals surface area contributed by atoms with E-state index in [1.807, 2.05) is 18.2 Å². The molecule has 0 radical (unpaired) electrons. The molecule has 2 rings (SSSR count). The number of halogens is 2. The molecule has 1 aromatic carbocycles. The normalized spacial score (nSPS) is 11.7. The van der Waals surface area contributed by atoms with Crippen LogP contribution in [0.1, 0.15) is 5.56 Å². The summed E-state index contributed by atoms with van der Waals surface area (Å²) in [4.78, 5) is 5.80. The average molecular weight is 375 g/mol. The number of sulfonamides is 1. The number of nitrogens with zero attached hydrogens (tertiary/aromatic N) is 2. The molecule has 0 bridgehead atoms. The summed E-state index contributed by atoms with van der Waals surface area (Å²) >= 11 is 8.99. The molecule has 5 nitrogen and oxygen atoms in total. The molecule has 1 heterocycles. The summed E-state index contributed by atoms with van der Waals surface area (Å²) in [6.07, 6.45) is 1.40. The first-order valence-corrected chi connectivity index (χ1v) is 8.06. The van der Waals surface area contributed by atoms with Crippen molar-refractivity contribution in [2.45, 2.75) is 5.03 Å². The van der Waals surface area contributed by atoms with Gasteiger partial charge in [0.25, 0.3) is 10.0 Å². The van der Waals surface area contributed by atoms with Crippen molar-refractivity contribution < 1.29 is 8.42 Å². The average Bonchev–Trinajstić information content (AvgIpc) is 2.41. The second-order valence-corrected chi connectivity index (χ2v) is 6.52. The first-order chi connectivity index (χ1) is 9.49. The minimum absolute atomic E-state index is 0.0997. The van der Waals surface area contributed by atoms with Crippen LogP contribution in [0.3, 0.4) is 0 Å². The van der Waals surface area contributed by atoms with Crippen LogP contribution in [0, 0.1) is 0 Å². The number of hydrazone groups is 1. The minimum atomic E-state index is -3.82. The number of rotatable bonds is 4. The van der Waals surface area contributed by atoms with Crippen LogP contribution in [0.25, 0.3) is 0 Å². The summed E-state index contributed by atoms with van der Waals surface area (Å²) in [6.45, 7) is 0. The van der Waals surface area contributed by atoms with E-state index in [1.165, 1.54) is 24.4 Å². The smallest absolute Gasteiger partial charge is 0.223 e. The number of nitrogens with one attached hydrogen (secondary N) is 1. The topological polar surface area (TPSA) is 71.4 Å². The van der Waals surface area contributed by atoms with Crippen molar-refractivity contribution in [1.82, 2.24) is 9.82 Å². The van der Waals surface area contributed by atoms with Gasteiger partial charge in [0.2, 0.25) is 0 Å². The number of hydrogen-bond donors (Lipinski definition) is 1. The molecule has 0 saturated heterocycles. The quantitative estimate of drug-likeness (QED) is 0.508. The molecule has 0 spiro atoms. The first kappa shape index (κ1) is 15.0. The number of benzene rings is 1. The Labute approximate surface area is 129 Å². The molecule has 0 saturated carbocycles. The standard InChI is InChI=1S/C12H9BrClN3O2S/c13-10-5-2-1-4-9(10)8-15-17-20(18,19)12-7-3-6-11(14)16-12/h1-8,17H/b15-8+. The highest BCUT2D eigenvalue weighted by atomic mass is 79.9. The highest BCUT2D eigenvalue weighted by Crippen LogP contribution is 2.13. The second-order valence-electron chi connectivity index (χ2n) is 3.67. The molecule has 104 valence electrons. The third-order valence-corrected chi connectivity index (χ3v) is 4.30. The van der Waals surface area contributed by atoms with E-state index in [-0.39, 0.29) is 10.2 Å². The molecule has 20 heavy (non-hydrogen) atoms. The zero-order chi connectivity index (χ0) is 14.6.